The number of nitrogens with zero attached hydrogens (tertiary/aromatic N) is 7. The van der Waals surface area contributed by atoms with Crippen LogP contribution in [0.1, 0.15) is 18.3 Å². The molecule has 4 heterocycles. The zero-order valence-corrected chi connectivity index (χ0v) is 20.9. The zero-order valence-electron chi connectivity index (χ0n) is 20.9. The number of anilines is 2. The molecule has 0 aliphatic carbocycles. The number of aromatic nitrogens is 7. The summed E-state index contributed by atoms with van der Waals surface area (Å²) in [6, 6.07) is 21.3. The van der Waals surface area contributed by atoms with Crippen LogP contribution in [0.25, 0.3) is 27.8 Å². The van der Waals surface area contributed by atoms with Gasteiger partial charge in [0.05, 0.1) is 17.5 Å². The highest BCUT2D eigenvalue weighted by Crippen LogP contribution is 2.32. The summed E-state index contributed by atoms with van der Waals surface area (Å²) < 4.78 is 7.89. The molecule has 0 bridgehead atoms. The van der Waals surface area contributed by atoms with Crippen molar-refractivity contribution in [2.24, 2.45) is 0 Å². The van der Waals surface area contributed by atoms with Crippen LogP contribution < -0.4 is 10.1 Å². The van der Waals surface area contributed by atoms with E-state index in [4.69, 9.17) is 4.74 Å². The highest BCUT2D eigenvalue weighted by atomic mass is 16.5. The molecule has 38 heavy (non-hydrogen) atoms. The average molecular weight is 501 g/mol. The van der Waals surface area contributed by atoms with Gasteiger partial charge in [-0.2, -0.15) is 5.10 Å². The van der Waals surface area contributed by atoms with Gasteiger partial charge in [-0.25, -0.2) is 19.6 Å². The molecule has 0 aliphatic rings. The van der Waals surface area contributed by atoms with Gasteiger partial charge in [-0.1, -0.05) is 31.2 Å². The van der Waals surface area contributed by atoms with Crippen molar-refractivity contribution in [1.29, 1.82) is 0 Å². The molecule has 6 rings (SSSR count). The number of hydrogen-bond acceptors (Lipinski definition) is 8. The van der Waals surface area contributed by atoms with Crippen molar-refractivity contribution in [3.05, 3.63) is 103 Å². The highest BCUT2D eigenvalue weighted by molar-refractivity contribution is 5.97. The predicted octanol–water partition coefficient (Wildman–Crippen LogP) is 6.07. The van der Waals surface area contributed by atoms with Gasteiger partial charge >= 0.3 is 0 Å². The molecule has 0 fully saturated rings. The first-order chi connectivity index (χ1) is 18.7. The second-order valence-electron chi connectivity index (χ2n) is 8.70. The lowest BCUT2D eigenvalue weighted by atomic mass is 10.1. The molecule has 9 nitrogen and oxygen atoms in total. The van der Waals surface area contributed by atoms with Crippen LogP contribution in [-0.4, -0.2) is 34.9 Å². The van der Waals surface area contributed by atoms with Gasteiger partial charge in [0.1, 0.15) is 11.6 Å². The Balaban J connectivity index is 1.25. The van der Waals surface area contributed by atoms with Crippen LogP contribution in [0.15, 0.2) is 91.5 Å². The smallest absolute Gasteiger partial charge is 0.228 e. The number of aryl methyl sites for hydroxylation is 2. The third kappa shape index (κ3) is 4.64. The van der Waals surface area contributed by atoms with Gasteiger partial charge in [-0.15, -0.1) is 10.2 Å². The van der Waals surface area contributed by atoms with Gasteiger partial charge < -0.3 is 10.1 Å². The number of nitrogens with one attached hydrogen (secondary N) is 1. The minimum Gasteiger partial charge on any atom is -0.438 e. The third-order valence-electron chi connectivity index (χ3n) is 6.00. The van der Waals surface area contributed by atoms with Crippen molar-refractivity contribution in [3.63, 3.8) is 0 Å². The van der Waals surface area contributed by atoms with Crippen LogP contribution >= 0.6 is 0 Å². The van der Waals surface area contributed by atoms with Gasteiger partial charge in [0, 0.05) is 41.5 Å². The monoisotopic (exact) mass is 500 g/mol. The summed E-state index contributed by atoms with van der Waals surface area (Å²) in [6.45, 7) is 4.02. The van der Waals surface area contributed by atoms with Gasteiger partial charge in [-0.3, -0.25) is 0 Å². The SMILES string of the molecule is CCc1nccc(-c2cccnc2Oc2ccc(Nc3nnc(-n4cc(C)cn4)c4ccccc34)cc2)n1. The molecule has 186 valence electrons. The first-order valence-electron chi connectivity index (χ1n) is 12.3. The first kappa shape index (κ1) is 23.2. The number of benzene rings is 2. The molecular weight excluding hydrogens is 476 g/mol. The lowest BCUT2D eigenvalue weighted by molar-refractivity contribution is 0.465. The number of pyridine rings is 1. The highest BCUT2D eigenvalue weighted by Gasteiger charge is 2.13. The number of fused-ring (bicyclic) bond motifs is 1. The Morgan fingerprint density at radius 3 is 2.50 bits per heavy atom. The van der Waals surface area contributed by atoms with E-state index in [1.807, 2.05) is 86.8 Å². The minimum absolute atomic E-state index is 0.482. The Labute approximate surface area is 219 Å². The second kappa shape index (κ2) is 10.1. The van der Waals surface area contributed by atoms with Crippen molar-refractivity contribution in [2.45, 2.75) is 20.3 Å². The molecule has 2 aromatic carbocycles. The van der Waals surface area contributed by atoms with Crippen LogP contribution in [-0.2, 0) is 6.42 Å². The van der Waals surface area contributed by atoms with Crippen molar-refractivity contribution in [3.8, 4) is 28.7 Å². The Morgan fingerprint density at radius 2 is 1.71 bits per heavy atom. The lowest BCUT2D eigenvalue weighted by Crippen LogP contribution is -2.04. The number of ether oxygens (including phenoxy) is 1. The third-order valence-corrected chi connectivity index (χ3v) is 6.00. The molecule has 6 aromatic rings. The normalized spacial score (nSPS) is 11.0. The summed E-state index contributed by atoms with van der Waals surface area (Å²) in [6.07, 6.45) is 7.95. The van der Waals surface area contributed by atoms with Crippen molar-refractivity contribution in [1.82, 2.24) is 34.9 Å². The number of rotatable bonds is 7. The van der Waals surface area contributed by atoms with E-state index < -0.39 is 0 Å². The molecule has 0 atom stereocenters. The van der Waals surface area contributed by atoms with Gasteiger partial charge in [0.25, 0.3) is 0 Å². The molecule has 9 heteroatoms. The molecule has 0 radical (unpaired) electrons. The Kier molecular flexibility index (Phi) is 6.15. The van der Waals surface area contributed by atoms with E-state index in [2.05, 4.69) is 35.6 Å². The van der Waals surface area contributed by atoms with E-state index in [0.29, 0.717) is 23.3 Å². The predicted molar refractivity (Wildman–Crippen MR) is 146 cm³/mol. The molecule has 0 spiro atoms. The molecule has 0 unspecified atom stereocenters. The van der Waals surface area contributed by atoms with Crippen molar-refractivity contribution in [2.75, 3.05) is 5.32 Å². The van der Waals surface area contributed by atoms with Crippen molar-refractivity contribution >= 4 is 22.3 Å². The van der Waals surface area contributed by atoms with Gasteiger partial charge in [-0.05, 0) is 55.0 Å². The number of hydrogen-bond donors (Lipinski definition) is 1. The van der Waals surface area contributed by atoms with E-state index >= 15 is 0 Å². The maximum absolute atomic E-state index is 6.14. The standard InChI is InChI=1S/C29H24N8O/c1-3-26-30-16-14-25(34-26)24-9-6-15-31-29(24)38-21-12-10-20(11-13-21)33-27-22-7-4-5-8-23(22)28(36-35-27)37-18-19(2)17-32-37/h4-18H,3H2,1-2H3,(H,33,35). The quantitative estimate of drug-likeness (QED) is 0.281. The molecule has 1 N–H and O–H groups in total. The summed E-state index contributed by atoms with van der Waals surface area (Å²) in [5.41, 5.74) is 3.49. The van der Waals surface area contributed by atoms with Crippen LogP contribution in [0.2, 0.25) is 0 Å². The van der Waals surface area contributed by atoms with E-state index in [0.717, 1.165) is 45.5 Å². The van der Waals surface area contributed by atoms with E-state index in [9.17, 15) is 0 Å². The average Bonchev–Trinajstić information content (AvgIpc) is 3.40. The van der Waals surface area contributed by atoms with Crippen LogP contribution in [0.4, 0.5) is 11.5 Å². The maximum atomic E-state index is 6.14. The molecule has 0 saturated carbocycles. The zero-order chi connectivity index (χ0) is 25.9. The fourth-order valence-electron chi connectivity index (χ4n) is 4.12. The van der Waals surface area contributed by atoms with Gasteiger partial charge in [0.2, 0.25) is 5.88 Å². The first-order valence-corrected chi connectivity index (χ1v) is 12.3. The van der Waals surface area contributed by atoms with E-state index in [1.54, 1.807) is 23.3 Å². The molecule has 0 amide bonds. The van der Waals surface area contributed by atoms with Crippen LogP contribution in [0.5, 0.6) is 11.6 Å². The summed E-state index contributed by atoms with van der Waals surface area (Å²) in [5, 5.41) is 18.6. The second-order valence-corrected chi connectivity index (χ2v) is 8.70. The Bertz CT molecular complexity index is 1730. The summed E-state index contributed by atoms with van der Waals surface area (Å²) in [4.78, 5) is 13.3. The van der Waals surface area contributed by atoms with E-state index in [-0.39, 0.29) is 0 Å². The molecular formula is C29H24N8O. The summed E-state index contributed by atoms with van der Waals surface area (Å²) >= 11 is 0. The van der Waals surface area contributed by atoms with Crippen LogP contribution in [0, 0.1) is 6.92 Å². The fraction of sp³-hybridized carbons (Fsp3) is 0.103. The minimum atomic E-state index is 0.482. The fourth-order valence-corrected chi connectivity index (χ4v) is 4.12. The molecule has 0 saturated heterocycles. The van der Waals surface area contributed by atoms with E-state index in [1.165, 1.54) is 0 Å². The lowest BCUT2D eigenvalue weighted by Gasteiger charge is -2.12. The topological polar surface area (TPSA) is 104 Å². The van der Waals surface area contributed by atoms with Gasteiger partial charge in [0.15, 0.2) is 11.6 Å². The van der Waals surface area contributed by atoms with Crippen LogP contribution in [0.3, 0.4) is 0 Å². The summed E-state index contributed by atoms with van der Waals surface area (Å²) in [5.74, 6) is 3.25. The largest absolute Gasteiger partial charge is 0.438 e. The molecule has 4 aromatic heterocycles. The van der Waals surface area contributed by atoms with Crippen molar-refractivity contribution < 1.29 is 4.74 Å². The maximum Gasteiger partial charge on any atom is 0.228 e. The Hall–Kier alpha value is -5.18. The molecule has 0 aliphatic heterocycles. The summed E-state index contributed by atoms with van der Waals surface area (Å²) in [7, 11) is 0. The Morgan fingerprint density at radius 1 is 0.868 bits per heavy atom.